The maximum Gasteiger partial charge on any atom is 0.270 e. The third-order valence-electron chi connectivity index (χ3n) is 3.72. The Bertz CT molecular complexity index is 922. The van der Waals surface area contributed by atoms with Gasteiger partial charge in [-0.25, -0.2) is 0 Å². The molecule has 0 aromatic heterocycles. The Balaban J connectivity index is 2.02. The number of nitrogens with zero attached hydrogens (tertiary/aromatic N) is 1. The molecule has 2 N–H and O–H groups in total. The number of carbonyl (C=O) groups is 2. The van der Waals surface area contributed by atoms with E-state index in [9.17, 15) is 14.7 Å². The molecule has 0 aliphatic carbocycles. The van der Waals surface area contributed by atoms with Gasteiger partial charge in [-0.2, -0.15) is 0 Å². The summed E-state index contributed by atoms with van der Waals surface area (Å²) in [5.74, 6) is -1.02. The van der Waals surface area contributed by atoms with Crippen molar-refractivity contribution in [1.82, 2.24) is 5.32 Å². The zero-order chi connectivity index (χ0) is 18.1. The topological polar surface area (TPSA) is 69.6 Å². The van der Waals surface area contributed by atoms with Gasteiger partial charge in [0.25, 0.3) is 11.8 Å². The van der Waals surface area contributed by atoms with Gasteiger partial charge in [-0.05, 0) is 60.6 Å². The quantitative estimate of drug-likeness (QED) is 0.482. The molecule has 7 heteroatoms. The van der Waals surface area contributed by atoms with Crippen LogP contribution in [0.3, 0.4) is 0 Å². The number of benzene rings is 2. The number of aromatic hydroxyl groups is 1. The Morgan fingerprint density at radius 3 is 2.48 bits per heavy atom. The second-order valence-electron chi connectivity index (χ2n) is 5.48. The van der Waals surface area contributed by atoms with Crippen LogP contribution in [-0.4, -0.2) is 22.0 Å². The Hall–Kier alpha value is -2.70. The first kappa shape index (κ1) is 17.1. The van der Waals surface area contributed by atoms with E-state index >= 15 is 0 Å². The number of phenolic OH excluding ortho intramolecular Hbond substituents is 1. The van der Waals surface area contributed by atoms with E-state index in [4.69, 9.17) is 23.8 Å². The fourth-order valence-electron chi connectivity index (χ4n) is 2.35. The van der Waals surface area contributed by atoms with Gasteiger partial charge in [0, 0.05) is 5.02 Å². The van der Waals surface area contributed by atoms with E-state index < -0.39 is 11.8 Å². The number of phenols is 1. The molecule has 25 heavy (non-hydrogen) atoms. The van der Waals surface area contributed by atoms with Crippen LogP contribution in [0.1, 0.15) is 11.1 Å². The highest BCUT2D eigenvalue weighted by Gasteiger charge is 2.34. The van der Waals surface area contributed by atoms with Crippen molar-refractivity contribution >= 4 is 52.5 Å². The molecule has 0 bridgehead atoms. The largest absolute Gasteiger partial charge is 0.508 e. The third kappa shape index (κ3) is 3.40. The minimum atomic E-state index is -0.572. The van der Waals surface area contributed by atoms with Crippen LogP contribution in [0.25, 0.3) is 6.08 Å². The molecule has 2 aromatic rings. The number of nitrogens with one attached hydrogen (secondary N) is 1. The number of carbonyl (C=O) groups excluding carboxylic acids is 2. The SMILES string of the molecule is Cc1ccc(N2C(=O)/C(=C/c3ccc(O)cc3)C(=O)NC2=S)cc1Cl. The summed E-state index contributed by atoms with van der Waals surface area (Å²) in [5, 5.41) is 12.3. The molecule has 0 atom stereocenters. The lowest BCUT2D eigenvalue weighted by Gasteiger charge is -2.29. The Labute approximate surface area is 154 Å². The van der Waals surface area contributed by atoms with Crippen molar-refractivity contribution in [3.63, 3.8) is 0 Å². The molecule has 1 aliphatic rings. The smallest absolute Gasteiger partial charge is 0.270 e. The van der Waals surface area contributed by atoms with Crippen molar-refractivity contribution < 1.29 is 14.7 Å². The van der Waals surface area contributed by atoms with Crippen LogP contribution in [-0.2, 0) is 9.59 Å². The first-order chi connectivity index (χ1) is 11.9. The van der Waals surface area contributed by atoms with Crippen molar-refractivity contribution in [3.8, 4) is 5.75 Å². The number of thiocarbonyl (C=S) groups is 1. The maximum atomic E-state index is 12.8. The zero-order valence-electron chi connectivity index (χ0n) is 13.1. The zero-order valence-corrected chi connectivity index (χ0v) is 14.7. The second kappa shape index (κ2) is 6.66. The average molecular weight is 373 g/mol. The van der Waals surface area contributed by atoms with Crippen LogP contribution in [0, 0.1) is 6.92 Å². The summed E-state index contributed by atoms with van der Waals surface area (Å²) in [7, 11) is 0. The molecule has 0 saturated carbocycles. The Morgan fingerprint density at radius 2 is 1.84 bits per heavy atom. The summed E-state index contributed by atoms with van der Waals surface area (Å²) in [5.41, 5.74) is 1.88. The van der Waals surface area contributed by atoms with Crippen LogP contribution >= 0.6 is 23.8 Å². The van der Waals surface area contributed by atoms with Crippen LogP contribution < -0.4 is 10.2 Å². The maximum absolute atomic E-state index is 12.8. The number of anilines is 1. The molecule has 0 unspecified atom stereocenters. The normalized spacial score (nSPS) is 16.3. The van der Waals surface area contributed by atoms with E-state index in [-0.39, 0.29) is 16.4 Å². The van der Waals surface area contributed by atoms with Crippen molar-refractivity contribution in [2.45, 2.75) is 6.92 Å². The van der Waals surface area contributed by atoms with E-state index in [1.165, 1.54) is 23.1 Å². The Kier molecular flexibility index (Phi) is 4.57. The first-order valence-electron chi connectivity index (χ1n) is 7.33. The molecule has 2 aromatic carbocycles. The van der Waals surface area contributed by atoms with Crippen molar-refractivity contribution in [1.29, 1.82) is 0 Å². The molecule has 1 saturated heterocycles. The molecular weight excluding hydrogens is 360 g/mol. The molecule has 1 fully saturated rings. The van der Waals surface area contributed by atoms with Gasteiger partial charge in [0.1, 0.15) is 11.3 Å². The Morgan fingerprint density at radius 1 is 1.16 bits per heavy atom. The monoisotopic (exact) mass is 372 g/mol. The van der Waals surface area contributed by atoms with E-state index in [1.807, 2.05) is 6.92 Å². The van der Waals surface area contributed by atoms with Crippen molar-refractivity contribution in [2.75, 3.05) is 4.90 Å². The molecule has 1 heterocycles. The first-order valence-corrected chi connectivity index (χ1v) is 8.12. The van der Waals surface area contributed by atoms with E-state index in [1.54, 1.807) is 30.3 Å². The van der Waals surface area contributed by atoms with Crippen molar-refractivity contribution in [2.24, 2.45) is 0 Å². The van der Waals surface area contributed by atoms with Gasteiger partial charge >= 0.3 is 0 Å². The van der Waals surface area contributed by atoms with E-state index in [2.05, 4.69) is 5.32 Å². The van der Waals surface area contributed by atoms with Crippen LogP contribution in [0.15, 0.2) is 48.0 Å². The number of halogens is 1. The number of hydrogen-bond acceptors (Lipinski definition) is 4. The van der Waals surface area contributed by atoms with Crippen LogP contribution in [0.4, 0.5) is 5.69 Å². The van der Waals surface area contributed by atoms with Crippen LogP contribution in [0.2, 0.25) is 5.02 Å². The highest BCUT2D eigenvalue weighted by atomic mass is 35.5. The molecule has 1 aliphatic heterocycles. The molecule has 3 rings (SSSR count). The minimum absolute atomic E-state index is 0.00206. The molecule has 126 valence electrons. The van der Waals surface area contributed by atoms with Crippen molar-refractivity contribution in [3.05, 3.63) is 64.2 Å². The number of hydrogen-bond donors (Lipinski definition) is 2. The summed E-state index contributed by atoms with van der Waals surface area (Å²) >= 11 is 11.3. The predicted octanol–water partition coefficient (Wildman–Crippen LogP) is 3.19. The standard InChI is InChI=1S/C18H13ClN2O3S/c1-10-2-5-12(9-15(10)19)21-17(24)14(16(23)20-18(21)25)8-11-3-6-13(22)7-4-11/h2-9,22H,1H3,(H,20,23,25)/b14-8+. The van der Waals surface area contributed by atoms with Gasteiger partial charge in [-0.1, -0.05) is 29.8 Å². The molecular formula is C18H13ClN2O3S. The highest BCUT2D eigenvalue weighted by molar-refractivity contribution is 7.80. The predicted molar refractivity (Wildman–Crippen MR) is 100 cm³/mol. The third-order valence-corrected chi connectivity index (χ3v) is 4.41. The highest BCUT2D eigenvalue weighted by Crippen LogP contribution is 2.27. The number of rotatable bonds is 2. The van der Waals surface area contributed by atoms with Gasteiger partial charge in [-0.15, -0.1) is 0 Å². The van der Waals surface area contributed by atoms with Gasteiger partial charge in [-0.3, -0.25) is 19.8 Å². The lowest BCUT2D eigenvalue weighted by molar-refractivity contribution is -0.122. The molecule has 2 amide bonds. The summed E-state index contributed by atoms with van der Waals surface area (Å²) in [6.07, 6.45) is 1.45. The van der Waals surface area contributed by atoms with E-state index in [0.29, 0.717) is 16.3 Å². The number of amides is 2. The van der Waals surface area contributed by atoms with Gasteiger partial charge in [0.15, 0.2) is 5.11 Å². The number of aryl methyl sites for hydroxylation is 1. The van der Waals surface area contributed by atoms with E-state index in [0.717, 1.165) is 5.56 Å². The van der Waals surface area contributed by atoms with Gasteiger partial charge in [0.2, 0.25) is 0 Å². The lowest BCUT2D eigenvalue weighted by Crippen LogP contribution is -2.54. The van der Waals surface area contributed by atoms with Gasteiger partial charge < -0.3 is 5.11 Å². The fraction of sp³-hybridized carbons (Fsp3) is 0.0556. The second-order valence-corrected chi connectivity index (χ2v) is 6.28. The summed E-state index contributed by atoms with van der Waals surface area (Å²) in [4.78, 5) is 26.3. The molecule has 5 nitrogen and oxygen atoms in total. The lowest BCUT2D eigenvalue weighted by atomic mass is 10.1. The molecule has 0 radical (unpaired) electrons. The van der Waals surface area contributed by atoms with Crippen LogP contribution in [0.5, 0.6) is 5.75 Å². The summed E-state index contributed by atoms with van der Waals surface area (Å²) < 4.78 is 0. The molecule has 0 spiro atoms. The van der Waals surface area contributed by atoms with Gasteiger partial charge in [0.05, 0.1) is 5.69 Å². The average Bonchev–Trinajstić information content (AvgIpc) is 2.56. The summed E-state index contributed by atoms with van der Waals surface area (Å²) in [6.45, 7) is 1.85. The summed E-state index contributed by atoms with van der Waals surface area (Å²) in [6, 6.07) is 11.2. The minimum Gasteiger partial charge on any atom is -0.508 e. The fourth-order valence-corrected chi connectivity index (χ4v) is 2.81.